The summed E-state index contributed by atoms with van der Waals surface area (Å²) in [4.78, 5) is 27.4. The predicted octanol–water partition coefficient (Wildman–Crippen LogP) is 3.66. The lowest BCUT2D eigenvalue weighted by Gasteiger charge is -2.41. The lowest BCUT2D eigenvalue weighted by Crippen LogP contribution is -2.52. The molecule has 0 radical (unpaired) electrons. The third-order valence-electron chi connectivity index (χ3n) is 5.49. The summed E-state index contributed by atoms with van der Waals surface area (Å²) in [7, 11) is 0. The molecule has 2 aromatic rings. The molecule has 1 heterocycles. The van der Waals surface area contributed by atoms with E-state index >= 15 is 0 Å². The smallest absolute Gasteiger partial charge is 0.231 e. The maximum atomic E-state index is 13.3. The fourth-order valence-electron chi connectivity index (χ4n) is 3.86. The van der Waals surface area contributed by atoms with Crippen molar-refractivity contribution in [1.29, 1.82) is 0 Å². The van der Waals surface area contributed by atoms with Gasteiger partial charge in [0, 0.05) is 26.1 Å². The fraction of sp³-hybridized carbons (Fsp3) is 0.391. The number of likely N-dealkylation sites (tertiary alicyclic amines) is 1. The summed E-state index contributed by atoms with van der Waals surface area (Å²) >= 11 is 0. The summed E-state index contributed by atoms with van der Waals surface area (Å²) < 4.78 is 0. The quantitative estimate of drug-likeness (QED) is 0.850. The molecule has 0 bridgehead atoms. The Morgan fingerprint density at radius 2 is 1.56 bits per heavy atom. The van der Waals surface area contributed by atoms with Gasteiger partial charge in [0.2, 0.25) is 11.8 Å². The average Bonchev–Trinajstić information content (AvgIpc) is 2.73. The molecule has 2 aromatic carbocycles. The molecule has 3 rings (SSSR count). The number of amides is 2. The topological polar surface area (TPSA) is 49.4 Å². The summed E-state index contributed by atoms with van der Waals surface area (Å²) in [5.41, 5.74) is 1.56. The minimum absolute atomic E-state index is 0.0557. The molecule has 1 aliphatic rings. The van der Waals surface area contributed by atoms with E-state index in [0.717, 1.165) is 17.5 Å². The molecule has 0 aliphatic carbocycles. The summed E-state index contributed by atoms with van der Waals surface area (Å²) in [6, 6.07) is 20.0. The van der Waals surface area contributed by atoms with Crippen LogP contribution in [0.15, 0.2) is 60.7 Å². The van der Waals surface area contributed by atoms with Gasteiger partial charge in [0.15, 0.2) is 0 Å². The number of piperidine rings is 1. The van der Waals surface area contributed by atoms with Gasteiger partial charge in [-0.3, -0.25) is 9.59 Å². The largest absolute Gasteiger partial charge is 0.351 e. The number of nitrogens with zero attached hydrogens (tertiary/aromatic N) is 1. The van der Waals surface area contributed by atoms with Crippen molar-refractivity contribution in [3.05, 3.63) is 71.8 Å². The van der Waals surface area contributed by atoms with Crippen molar-refractivity contribution in [1.82, 2.24) is 10.2 Å². The Hall–Kier alpha value is -2.62. The minimum Gasteiger partial charge on any atom is -0.351 e. The molecular weight excluding hydrogens is 336 g/mol. The average molecular weight is 364 g/mol. The SMILES string of the molecule is CCCC(=O)N1CCC(C(=O)NCc2ccccc2)(c2ccccc2)CC1. The maximum Gasteiger partial charge on any atom is 0.231 e. The highest BCUT2D eigenvalue weighted by atomic mass is 16.2. The molecule has 0 spiro atoms. The van der Waals surface area contributed by atoms with Gasteiger partial charge in [0.25, 0.3) is 0 Å². The monoisotopic (exact) mass is 364 g/mol. The van der Waals surface area contributed by atoms with Crippen molar-refractivity contribution in [2.24, 2.45) is 0 Å². The Kier molecular flexibility index (Phi) is 6.28. The van der Waals surface area contributed by atoms with Crippen LogP contribution in [0.5, 0.6) is 0 Å². The lowest BCUT2D eigenvalue weighted by atomic mass is 9.72. The first-order chi connectivity index (χ1) is 13.2. The zero-order valence-electron chi connectivity index (χ0n) is 16.0. The van der Waals surface area contributed by atoms with Crippen LogP contribution >= 0.6 is 0 Å². The molecule has 4 nitrogen and oxygen atoms in total. The van der Waals surface area contributed by atoms with Gasteiger partial charge in [-0.1, -0.05) is 67.6 Å². The summed E-state index contributed by atoms with van der Waals surface area (Å²) in [5, 5.41) is 3.13. The van der Waals surface area contributed by atoms with Crippen LogP contribution in [0.2, 0.25) is 0 Å². The Morgan fingerprint density at radius 3 is 2.15 bits per heavy atom. The van der Waals surface area contributed by atoms with Gasteiger partial charge in [-0.2, -0.15) is 0 Å². The Morgan fingerprint density at radius 1 is 0.963 bits per heavy atom. The van der Waals surface area contributed by atoms with Crippen LogP contribution in [0.25, 0.3) is 0 Å². The first-order valence-corrected chi connectivity index (χ1v) is 9.81. The van der Waals surface area contributed by atoms with Crippen molar-refractivity contribution in [2.75, 3.05) is 13.1 Å². The molecule has 1 fully saturated rings. The third kappa shape index (κ3) is 4.38. The second-order valence-corrected chi connectivity index (χ2v) is 7.25. The van der Waals surface area contributed by atoms with Gasteiger partial charge in [0.05, 0.1) is 5.41 Å². The number of benzene rings is 2. The molecule has 1 N–H and O–H groups in total. The molecule has 27 heavy (non-hydrogen) atoms. The van der Waals surface area contributed by atoms with E-state index in [1.165, 1.54) is 0 Å². The van der Waals surface area contributed by atoms with Crippen LogP contribution in [0, 0.1) is 0 Å². The number of carbonyl (C=O) groups is 2. The van der Waals surface area contributed by atoms with Crippen molar-refractivity contribution >= 4 is 11.8 Å². The van der Waals surface area contributed by atoms with E-state index in [-0.39, 0.29) is 11.8 Å². The normalized spacial score (nSPS) is 16.0. The van der Waals surface area contributed by atoms with E-state index in [1.807, 2.05) is 72.5 Å². The van der Waals surface area contributed by atoms with Crippen LogP contribution in [0.3, 0.4) is 0 Å². The lowest BCUT2D eigenvalue weighted by molar-refractivity contribution is -0.137. The van der Waals surface area contributed by atoms with Crippen molar-refractivity contribution in [2.45, 2.75) is 44.6 Å². The second kappa shape index (κ2) is 8.85. The Labute approximate surface area is 161 Å². The molecule has 1 saturated heterocycles. The zero-order chi connectivity index (χ0) is 19.1. The minimum atomic E-state index is -0.570. The molecular formula is C23H28N2O2. The van der Waals surface area contributed by atoms with Gasteiger partial charge in [-0.05, 0) is 30.4 Å². The first kappa shape index (κ1) is 19.2. The molecule has 142 valence electrons. The van der Waals surface area contributed by atoms with Gasteiger partial charge >= 0.3 is 0 Å². The summed E-state index contributed by atoms with van der Waals surface area (Å²) in [5.74, 6) is 0.254. The molecule has 1 aliphatic heterocycles. The van der Waals surface area contributed by atoms with Crippen LogP contribution < -0.4 is 5.32 Å². The summed E-state index contributed by atoms with van der Waals surface area (Å²) in [6.07, 6.45) is 2.76. The highest BCUT2D eigenvalue weighted by molar-refractivity contribution is 5.89. The number of rotatable bonds is 6. The maximum absolute atomic E-state index is 13.3. The van der Waals surface area contributed by atoms with E-state index in [1.54, 1.807) is 0 Å². The van der Waals surface area contributed by atoms with Crippen LogP contribution in [0.4, 0.5) is 0 Å². The van der Waals surface area contributed by atoms with Gasteiger partial charge in [-0.25, -0.2) is 0 Å². The summed E-state index contributed by atoms with van der Waals surface area (Å²) in [6.45, 7) is 3.80. The number of carbonyl (C=O) groups excluding carboxylic acids is 2. The van der Waals surface area contributed by atoms with E-state index in [9.17, 15) is 9.59 Å². The van der Waals surface area contributed by atoms with Gasteiger partial charge in [-0.15, -0.1) is 0 Å². The highest BCUT2D eigenvalue weighted by Crippen LogP contribution is 2.36. The Balaban J connectivity index is 1.76. The van der Waals surface area contributed by atoms with E-state index < -0.39 is 5.41 Å². The molecule has 0 aromatic heterocycles. The van der Waals surface area contributed by atoms with Gasteiger partial charge < -0.3 is 10.2 Å². The standard InChI is InChI=1S/C23H28N2O2/c1-2-9-21(26)25-16-14-23(15-17-25,20-12-7-4-8-13-20)22(27)24-18-19-10-5-3-6-11-19/h3-8,10-13H,2,9,14-18H2,1H3,(H,24,27). The van der Waals surface area contributed by atoms with Crippen molar-refractivity contribution in [3.63, 3.8) is 0 Å². The van der Waals surface area contributed by atoms with E-state index in [4.69, 9.17) is 0 Å². The Bertz CT molecular complexity index is 750. The number of hydrogen-bond acceptors (Lipinski definition) is 2. The second-order valence-electron chi connectivity index (χ2n) is 7.25. The number of nitrogens with one attached hydrogen (secondary N) is 1. The van der Waals surface area contributed by atoms with Crippen molar-refractivity contribution in [3.8, 4) is 0 Å². The molecule has 0 saturated carbocycles. The van der Waals surface area contributed by atoms with Crippen molar-refractivity contribution < 1.29 is 9.59 Å². The number of hydrogen-bond donors (Lipinski definition) is 1. The van der Waals surface area contributed by atoms with E-state index in [0.29, 0.717) is 38.9 Å². The molecule has 0 unspecified atom stereocenters. The zero-order valence-corrected chi connectivity index (χ0v) is 16.0. The third-order valence-corrected chi connectivity index (χ3v) is 5.49. The molecule has 4 heteroatoms. The van der Waals surface area contributed by atoms with Crippen LogP contribution in [-0.2, 0) is 21.5 Å². The predicted molar refractivity (Wildman–Crippen MR) is 107 cm³/mol. The van der Waals surface area contributed by atoms with E-state index in [2.05, 4.69) is 5.32 Å². The highest BCUT2D eigenvalue weighted by Gasteiger charge is 2.43. The van der Waals surface area contributed by atoms with Gasteiger partial charge in [0.1, 0.15) is 0 Å². The molecule has 2 amide bonds. The van der Waals surface area contributed by atoms with Crippen LogP contribution in [0.1, 0.15) is 43.7 Å². The van der Waals surface area contributed by atoms with Crippen LogP contribution in [-0.4, -0.2) is 29.8 Å². The molecule has 0 atom stereocenters. The first-order valence-electron chi connectivity index (χ1n) is 9.81. The fourth-order valence-corrected chi connectivity index (χ4v) is 3.86.